The number of benzene rings is 1. The Morgan fingerprint density at radius 2 is 2.33 bits per heavy atom. The van der Waals surface area contributed by atoms with Crippen LogP contribution in [0.4, 0.5) is 0 Å². The van der Waals surface area contributed by atoms with E-state index in [0.717, 1.165) is 27.8 Å². The fourth-order valence-corrected chi connectivity index (χ4v) is 2.39. The molecule has 2 rings (SSSR count). The molecule has 1 heterocycles. The summed E-state index contributed by atoms with van der Waals surface area (Å²) in [6.45, 7) is 2.25. The van der Waals surface area contributed by atoms with Crippen molar-refractivity contribution < 1.29 is 14.3 Å². The summed E-state index contributed by atoms with van der Waals surface area (Å²) >= 11 is 3.47. The van der Waals surface area contributed by atoms with E-state index in [2.05, 4.69) is 15.9 Å². The summed E-state index contributed by atoms with van der Waals surface area (Å²) in [6, 6.07) is 3.79. The lowest BCUT2D eigenvalue weighted by atomic mass is 9.97. The molecule has 0 aliphatic carbocycles. The van der Waals surface area contributed by atoms with Crippen molar-refractivity contribution in [3.05, 3.63) is 22.2 Å². The molecule has 3 nitrogen and oxygen atoms in total. The van der Waals surface area contributed by atoms with E-state index in [4.69, 9.17) is 9.47 Å². The second-order valence-corrected chi connectivity index (χ2v) is 4.35. The number of fused-ring (bicyclic) bond motifs is 1. The lowest BCUT2D eigenvalue weighted by molar-refractivity contribution is -0.108. The normalized spacial score (nSPS) is 15.1. The Morgan fingerprint density at radius 3 is 3.07 bits per heavy atom. The van der Waals surface area contributed by atoms with E-state index in [-0.39, 0.29) is 12.7 Å². The van der Waals surface area contributed by atoms with Crippen LogP contribution in [0, 0.1) is 0 Å². The molecule has 15 heavy (non-hydrogen) atoms. The molecule has 4 heteroatoms. The van der Waals surface area contributed by atoms with Crippen molar-refractivity contribution in [2.45, 2.75) is 19.3 Å². The minimum absolute atomic E-state index is 0.133. The number of halogens is 1. The second-order valence-electron chi connectivity index (χ2n) is 3.50. The van der Waals surface area contributed by atoms with Crippen LogP contribution in [-0.4, -0.2) is 13.1 Å². The van der Waals surface area contributed by atoms with Crippen LogP contribution in [0.25, 0.3) is 0 Å². The molecule has 1 aliphatic rings. The fraction of sp³-hybridized carbons (Fsp3) is 0.364. The smallest absolute Gasteiger partial charge is 0.231 e. The van der Waals surface area contributed by atoms with Gasteiger partial charge in [-0.1, -0.05) is 22.9 Å². The highest BCUT2D eigenvalue weighted by Gasteiger charge is 2.23. The van der Waals surface area contributed by atoms with Gasteiger partial charge < -0.3 is 14.3 Å². The van der Waals surface area contributed by atoms with Crippen LogP contribution in [0.3, 0.4) is 0 Å². The predicted molar refractivity (Wildman–Crippen MR) is 59.4 cm³/mol. The first kappa shape index (κ1) is 10.5. The van der Waals surface area contributed by atoms with Gasteiger partial charge in [-0.25, -0.2) is 0 Å². The third kappa shape index (κ3) is 1.86. The quantitative estimate of drug-likeness (QED) is 0.793. The Morgan fingerprint density at radius 1 is 1.53 bits per heavy atom. The molecule has 0 aromatic heterocycles. The zero-order valence-corrected chi connectivity index (χ0v) is 9.91. The zero-order valence-electron chi connectivity index (χ0n) is 8.33. The first-order chi connectivity index (χ1) is 7.24. The molecule has 0 bridgehead atoms. The molecule has 0 fully saturated rings. The molecule has 0 spiro atoms. The van der Waals surface area contributed by atoms with Gasteiger partial charge in [0.05, 0.1) is 0 Å². The second kappa shape index (κ2) is 4.23. The monoisotopic (exact) mass is 270 g/mol. The highest BCUT2D eigenvalue weighted by Crippen LogP contribution is 2.43. The van der Waals surface area contributed by atoms with Crippen LogP contribution in [0.5, 0.6) is 11.5 Å². The van der Waals surface area contributed by atoms with Crippen molar-refractivity contribution in [2.75, 3.05) is 6.79 Å². The van der Waals surface area contributed by atoms with Gasteiger partial charge in [0.1, 0.15) is 6.29 Å². The molecule has 1 unspecified atom stereocenters. The largest absolute Gasteiger partial charge is 0.454 e. The minimum Gasteiger partial charge on any atom is -0.454 e. The molecule has 0 N–H and O–H groups in total. The van der Waals surface area contributed by atoms with Crippen LogP contribution in [0.15, 0.2) is 16.6 Å². The first-order valence-corrected chi connectivity index (χ1v) is 5.55. The SMILES string of the molecule is CC(CC=O)c1c(Br)ccc2c1OCO2. The van der Waals surface area contributed by atoms with Crippen LogP contribution in [0.2, 0.25) is 0 Å². The molecular weight excluding hydrogens is 260 g/mol. The number of carbonyl (C=O) groups is 1. The number of rotatable bonds is 3. The maximum atomic E-state index is 10.5. The molecule has 1 atom stereocenters. The van der Waals surface area contributed by atoms with Gasteiger partial charge in [-0.15, -0.1) is 0 Å². The molecule has 0 saturated heterocycles. The van der Waals surface area contributed by atoms with Gasteiger partial charge in [0.2, 0.25) is 6.79 Å². The summed E-state index contributed by atoms with van der Waals surface area (Å²) in [4.78, 5) is 10.5. The van der Waals surface area contributed by atoms with E-state index in [9.17, 15) is 4.79 Å². The third-order valence-electron chi connectivity index (χ3n) is 2.47. The van der Waals surface area contributed by atoms with E-state index < -0.39 is 0 Å². The summed E-state index contributed by atoms with van der Waals surface area (Å²) in [7, 11) is 0. The number of ether oxygens (including phenoxy) is 2. The third-order valence-corrected chi connectivity index (χ3v) is 3.16. The Kier molecular flexibility index (Phi) is 2.95. The summed E-state index contributed by atoms with van der Waals surface area (Å²) in [5.41, 5.74) is 1.01. The molecule has 1 aromatic rings. The van der Waals surface area contributed by atoms with Gasteiger partial charge in [0.25, 0.3) is 0 Å². The van der Waals surface area contributed by atoms with E-state index in [1.165, 1.54) is 0 Å². The lowest BCUT2D eigenvalue weighted by Gasteiger charge is -2.13. The first-order valence-electron chi connectivity index (χ1n) is 4.75. The molecule has 1 aliphatic heterocycles. The Hall–Kier alpha value is -1.03. The lowest BCUT2D eigenvalue weighted by Crippen LogP contribution is -1.99. The van der Waals surface area contributed by atoms with Gasteiger partial charge in [-0.2, -0.15) is 0 Å². The van der Waals surface area contributed by atoms with Crippen LogP contribution in [0.1, 0.15) is 24.8 Å². The van der Waals surface area contributed by atoms with Crippen molar-refractivity contribution in [1.82, 2.24) is 0 Å². The van der Waals surface area contributed by atoms with Gasteiger partial charge in [0.15, 0.2) is 11.5 Å². The molecule has 0 radical (unpaired) electrons. The van der Waals surface area contributed by atoms with Gasteiger partial charge in [-0.05, 0) is 18.1 Å². The molecule has 1 aromatic carbocycles. The van der Waals surface area contributed by atoms with Crippen LogP contribution >= 0.6 is 15.9 Å². The van der Waals surface area contributed by atoms with Crippen LogP contribution in [-0.2, 0) is 4.79 Å². The zero-order chi connectivity index (χ0) is 10.8. The Bertz CT molecular complexity index is 390. The average Bonchev–Trinajstić information content (AvgIpc) is 2.65. The standard InChI is InChI=1S/C11H11BrO3/c1-7(4-5-13)10-8(12)2-3-9-11(10)15-6-14-9/h2-3,5,7H,4,6H2,1H3. The Labute approximate surface area is 96.5 Å². The number of hydrogen-bond donors (Lipinski definition) is 0. The topological polar surface area (TPSA) is 35.5 Å². The highest BCUT2D eigenvalue weighted by molar-refractivity contribution is 9.10. The van der Waals surface area contributed by atoms with Crippen molar-refractivity contribution in [3.63, 3.8) is 0 Å². The van der Waals surface area contributed by atoms with E-state index >= 15 is 0 Å². The van der Waals surface area contributed by atoms with Gasteiger partial charge >= 0.3 is 0 Å². The summed E-state index contributed by atoms with van der Waals surface area (Å²) in [5.74, 6) is 1.65. The molecule has 80 valence electrons. The predicted octanol–water partition coefficient (Wildman–Crippen LogP) is 2.87. The van der Waals surface area contributed by atoms with E-state index in [1.807, 2.05) is 19.1 Å². The minimum atomic E-state index is 0.133. The van der Waals surface area contributed by atoms with Crippen LogP contribution < -0.4 is 9.47 Å². The maximum absolute atomic E-state index is 10.5. The fourth-order valence-electron chi connectivity index (χ4n) is 1.69. The summed E-state index contributed by atoms with van der Waals surface area (Å²) in [5, 5.41) is 0. The number of hydrogen-bond acceptors (Lipinski definition) is 3. The molecule has 0 amide bonds. The maximum Gasteiger partial charge on any atom is 0.231 e. The van der Waals surface area contributed by atoms with Crippen molar-refractivity contribution in [1.29, 1.82) is 0 Å². The Balaban J connectivity index is 2.44. The number of aldehydes is 1. The summed E-state index contributed by atoms with van der Waals surface area (Å²) < 4.78 is 11.7. The number of carbonyl (C=O) groups excluding carboxylic acids is 1. The van der Waals surface area contributed by atoms with E-state index in [0.29, 0.717) is 6.42 Å². The molecule has 0 saturated carbocycles. The van der Waals surface area contributed by atoms with Gasteiger partial charge in [0, 0.05) is 16.5 Å². The highest BCUT2D eigenvalue weighted by atomic mass is 79.9. The van der Waals surface area contributed by atoms with Crippen molar-refractivity contribution >= 4 is 22.2 Å². The molecular formula is C11H11BrO3. The van der Waals surface area contributed by atoms with Crippen molar-refractivity contribution in [2.24, 2.45) is 0 Å². The van der Waals surface area contributed by atoms with Gasteiger partial charge in [-0.3, -0.25) is 0 Å². The van der Waals surface area contributed by atoms with Crippen molar-refractivity contribution in [3.8, 4) is 11.5 Å². The summed E-state index contributed by atoms with van der Waals surface area (Å²) in [6.07, 6.45) is 1.41. The average molecular weight is 271 g/mol. The van der Waals surface area contributed by atoms with E-state index in [1.54, 1.807) is 0 Å².